The molecule has 2 aliphatic rings. The number of anilines is 1. The Kier molecular flexibility index (Phi) is 4.41. The summed E-state index contributed by atoms with van der Waals surface area (Å²) in [6.45, 7) is 0.259. The summed E-state index contributed by atoms with van der Waals surface area (Å²) in [5.41, 5.74) is 2.20. The first kappa shape index (κ1) is 18.6. The van der Waals surface area contributed by atoms with Gasteiger partial charge in [-0.3, -0.25) is 0 Å². The minimum atomic E-state index is -0.895. The molecule has 5 heteroatoms. The number of halogens is 2. The van der Waals surface area contributed by atoms with Gasteiger partial charge in [-0.05, 0) is 45.3 Å². The van der Waals surface area contributed by atoms with E-state index in [0.717, 1.165) is 43.4 Å². The molecule has 0 radical (unpaired) electrons. The monoisotopic (exact) mass is 509 g/mol. The minimum absolute atomic E-state index is 0.259. The number of benzene rings is 3. The van der Waals surface area contributed by atoms with Crippen molar-refractivity contribution in [1.82, 2.24) is 0 Å². The Balaban J connectivity index is 1.80. The van der Waals surface area contributed by atoms with Gasteiger partial charge in [0.05, 0.1) is 5.69 Å². The highest BCUT2D eigenvalue weighted by Crippen LogP contribution is 2.59. The Bertz CT molecular complexity index is 1140. The topological polar surface area (TPSA) is 38.3 Å². The summed E-state index contributed by atoms with van der Waals surface area (Å²) >= 11 is 7.25. The average Bonchev–Trinajstić information content (AvgIpc) is 3.05. The Hall–Kier alpha value is -2.37. The molecule has 3 aromatic rings. The Labute approximate surface area is 186 Å². The highest BCUT2D eigenvalue weighted by Gasteiger charge is 2.62. The standard InChI is InChI=1S/C24H17Br2NO2/c25-17-12-19-22(20(26)13-17)27-24(11-10-16-6-2-1-3-7-16)18-8-4-5-9-21(18)29-15-23(19,24)14-28/h1-14,27H,15H2/b11-10+/t23-,24-/m0/s1. The molecule has 0 fully saturated rings. The van der Waals surface area contributed by atoms with Crippen molar-refractivity contribution in [3.05, 3.63) is 98.4 Å². The van der Waals surface area contributed by atoms with E-state index >= 15 is 0 Å². The van der Waals surface area contributed by atoms with Crippen molar-refractivity contribution in [1.29, 1.82) is 0 Å². The van der Waals surface area contributed by atoms with Crippen LogP contribution in [0.1, 0.15) is 16.7 Å². The van der Waals surface area contributed by atoms with Crippen molar-refractivity contribution in [3.8, 4) is 5.75 Å². The fraction of sp³-hybridized carbons (Fsp3) is 0.125. The van der Waals surface area contributed by atoms with Gasteiger partial charge in [-0.25, -0.2) is 0 Å². The maximum atomic E-state index is 12.8. The summed E-state index contributed by atoms with van der Waals surface area (Å²) < 4.78 is 7.92. The van der Waals surface area contributed by atoms with E-state index in [0.29, 0.717) is 0 Å². The molecule has 0 unspecified atom stereocenters. The van der Waals surface area contributed by atoms with Crippen LogP contribution in [0.15, 0.2) is 81.8 Å². The third-order valence-electron chi connectivity index (χ3n) is 5.86. The summed E-state index contributed by atoms with van der Waals surface area (Å²) in [5, 5.41) is 3.70. The summed E-state index contributed by atoms with van der Waals surface area (Å²) in [6, 6.07) is 22.0. The van der Waals surface area contributed by atoms with Crippen LogP contribution in [-0.4, -0.2) is 12.9 Å². The van der Waals surface area contributed by atoms with E-state index in [4.69, 9.17) is 4.74 Å². The number of hydrogen-bond acceptors (Lipinski definition) is 3. The van der Waals surface area contributed by atoms with Gasteiger partial charge in [0.25, 0.3) is 0 Å². The second-order valence-electron chi connectivity index (χ2n) is 7.36. The van der Waals surface area contributed by atoms with Crippen LogP contribution in [0.2, 0.25) is 0 Å². The minimum Gasteiger partial charge on any atom is -0.492 e. The van der Waals surface area contributed by atoms with E-state index < -0.39 is 11.0 Å². The molecule has 0 aromatic heterocycles. The smallest absolute Gasteiger partial charge is 0.137 e. The van der Waals surface area contributed by atoms with Crippen molar-refractivity contribution in [2.45, 2.75) is 11.0 Å². The number of para-hydroxylation sites is 1. The molecule has 2 atom stereocenters. The zero-order chi connectivity index (χ0) is 20.1. The number of carbonyl (C=O) groups is 1. The van der Waals surface area contributed by atoms with Crippen LogP contribution >= 0.6 is 31.9 Å². The Morgan fingerprint density at radius 3 is 2.52 bits per heavy atom. The lowest BCUT2D eigenvalue weighted by Crippen LogP contribution is -2.56. The molecule has 29 heavy (non-hydrogen) atoms. The molecule has 3 nitrogen and oxygen atoms in total. The number of fused-ring (bicyclic) bond motifs is 5. The van der Waals surface area contributed by atoms with Gasteiger partial charge in [0.2, 0.25) is 0 Å². The third-order valence-corrected chi connectivity index (χ3v) is 6.94. The third kappa shape index (κ3) is 2.64. The molecule has 0 aliphatic carbocycles. The summed E-state index contributed by atoms with van der Waals surface area (Å²) in [5.74, 6) is 0.790. The molecule has 2 heterocycles. The summed E-state index contributed by atoms with van der Waals surface area (Å²) in [4.78, 5) is 12.8. The van der Waals surface area contributed by atoms with Gasteiger partial charge in [-0.2, -0.15) is 0 Å². The molecule has 0 saturated heterocycles. The van der Waals surface area contributed by atoms with Crippen molar-refractivity contribution >= 4 is 49.9 Å². The number of nitrogens with one attached hydrogen (secondary N) is 1. The molecule has 0 amide bonds. The first-order valence-electron chi connectivity index (χ1n) is 9.30. The zero-order valence-electron chi connectivity index (χ0n) is 15.4. The van der Waals surface area contributed by atoms with E-state index in [-0.39, 0.29) is 6.61 Å². The van der Waals surface area contributed by atoms with Crippen molar-refractivity contribution in [3.63, 3.8) is 0 Å². The van der Waals surface area contributed by atoms with Crippen molar-refractivity contribution < 1.29 is 9.53 Å². The van der Waals surface area contributed by atoms with Crippen molar-refractivity contribution in [2.24, 2.45) is 0 Å². The second-order valence-corrected chi connectivity index (χ2v) is 9.13. The lowest BCUT2D eigenvalue weighted by Gasteiger charge is -2.45. The molecular formula is C24H17Br2NO2. The predicted octanol–water partition coefficient (Wildman–Crippen LogP) is 6.08. The number of carbonyl (C=O) groups excluding carboxylic acids is 1. The molecule has 0 saturated carbocycles. The van der Waals surface area contributed by atoms with Crippen LogP contribution in [0.3, 0.4) is 0 Å². The van der Waals surface area contributed by atoms with Crippen LogP contribution in [-0.2, 0) is 15.7 Å². The van der Waals surface area contributed by atoms with Gasteiger partial charge in [-0.15, -0.1) is 0 Å². The number of hydrogen-bond donors (Lipinski definition) is 1. The van der Waals surface area contributed by atoms with E-state index in [1.807, 2.05) is 54.6 Å². The number of ether oxygens (including phenoxy) is 1. The average molecular weight is 511 g/mol. The first-order chi connectivity index (χ1) is 14.1. The highest BCUT2D eigenvalue weighted by atomic mass is 79.9. The van der Waals surface area contributed by atoms with Crippen LogP contribution in [0.25, 0.3) is 6.08 Å². The van der Waals surface area contributed by atoms with Crippen LogP contribution in [0.4, 0.5) is 5.69 Å². The highest BCUT2D eigenvalue weighted by molar-refractivity contribution is 9.11. The Morgan fingerprint density at radius 1 is 0.966 bits per heavy atom. The van der Waals surface area contributed by atoms with E-state index in [2.05, 4.69) is 61.5 Å². The maximum absolute atomic E-state index is 12.8. The van der Waals surface area contributed by atoms with Crippen LogP contribution in [0.5, 0.6) is 5.75 Å². The molecule has 0 spiro atoms. The molecular weight excluding hydrogens is 494 g/mol. The fourth-order valence-electron chi connectivity index (χ4n) is 4.44. The first-order valence-corrected chi connectivity index (χ1v) is 10.9. The lowest BCUT2D eigenvalue weighted by atomic mass is 9.64. The van der Waals surface area contributed by atoms with Gasteiger partial charge in [0.1, 0.15) is 29.6 Å². The predicted molar refractivity (Wildman–Crippen MR) is 122 cm³/mol. The van der Waals surface area contributed by atoms with E-state index in [1.165, 1.54) is 0 Å². The van der Waals surface area contributed by atoms with Crippen LogP contribution < -0.4 is 10.1 Å². The lowest BCUT2D eigenvalue weighted by molar-refractivity contribution is -0.115. The number of aldehydes is 1. The van der Waals surface area contributed by atoms with E-state index in [1.54, 1.807) is 0 Å². The van der Waals surface area contributed by atoms with Gasteiger partial charge in [-0.1, -0.05) is 76.6 Å². The maximum Gasteiger partial charge on any atom is 0.137 e. The molecule has 2 aliphatic heterocycles. The SMILES string of the molecule is O=C[C@@]12COc3ccccc3[C@]1(/C=C/c1ccccc1)Nc1c(Br)cc(Br)cc12. The molecule has 144 valence electrons. The van der Waals surface area contributed by atoms with Crippen molar-refractivity contribution in [2.75, 3.05) is 11.9 Å². The summed E-state index contributed by atoms with van der Waals surface area (Å²) in [6.07, 6.45) is 5.22. The second kappa shape index (κ2) is 6.85. The molecule has 0 bridgehead atoms. The molecule has 5 rings (SSSR count). The quantitative estimate of drug-likeness (QED) is 0.434. The fourth-order valence-corrected chi connectivity index (χ4v) is 5.76. The molecule has 3 aromatic carbocycles. The van der Waals surface area contributed by atoms with E-state index in [9.17, 15) is 4.79 Å². The number of rotatable bonds is 3. The molecule has 1 N–H and O–H groups in total. The normalized spacial score (nSPS) is 24.2. The Morgan fingerprint density at radius 2 is 1.72 bits per heavy atom. The largest absolute Gasteiger partial charge is 0.492 e. The van der Waals surface area contributed by atoms with Gasteiger partial charge >= 0.3 is 0 Å². The van der Waals surface area contributed by atoms with Gasteiger partial charge in [0.15, 0.2) is 0 Å². The van der Waals surface area contributed by atoms with Crippen LogP contribution in [0, 0.1) is 0 Å². The van der Waals surface area contributed by atoms with Gasteiger partial charge < -0.3 is 14.8 Å². The zero-order valence-corrected chi connectivity index (χ0v) is 18.5. The van der Waals surface area contributed by atoms with Gasteiger partial charge in [0, 0.05) is 14.5 Å². The summed E-state index contributed by atoms with van der Waals surface area (Å²) in [7, 11) is 0.